The minimum Gasteiger partial charge on any atom is -0.385 e. The highest BCUT2D eigenvalue weighted by atomic mass is 16.5. The highest BCUT2D eigenvalue weighted by molar-refractivity contribution is 5.99. The summed E-state index contributed by atoms with van der Waals surface area (Å²) < 4.78 is 5.10. The van der Waals surface area contributed by atoms with E-state index in [1.54, 1.807) is 19.4 Å². The lowest BCUT2D eigenvalue weighted by molar-refractivity contribution is 0.0938. The first-order chi connectivity index (χ1) is 9.21. The van der Waals surface area contributed by atoms with Crippen molar-refractivity contribution in [1.82, 2.24) is 10.3 Å². The molecule has 0 spiro atoms. The van der Waals surface area contributed by atoms with Gasteiger partial charge in [0.05, 0.1) is 17.4 Å². The van der Waals surface area contributed by atoms with Crippen molar-refractivity contribution in [1.29, 1.82) is 0 Å². The van der Waals surface area contributed by atoms with E-state index in [1.807, 2.05) is 0 Å². The average Bonchev–Trinajstić information content (AvgIpc) is 3.23. The molecule has 1 heterocycles. The Hall–Kier alpha value is -1.66. The number of hydrazine groups is 1. The van der Waals surface area contributed by atoms with Crippen molar-refractivity contribution in [2.75, 3.05) is 25.7 Å². The summed E-state index contributed by atoms with van der Waals surface area (Å²) in [4.78, 5) is 16.0. The van der Waals surface area contributed by atoms with Gasteiger partial charge >= 0.3 is 0 Å². The van der Waals surface area contributed by atoms with Crippen LogP contribution in [0.15, 0.2) is 18.5 Å². The number of nitrogen functional groups attached to an aromatic ring is 1. The van der Waals surface area contributed by atoms with Crippen LogP contribution < -0.4 is 16.6 Å². The molecule has 0 aromatic carbocycles. The number of aromatic nitrogens is 1. The van der Waals surface area contributed by atoms with Crippen LogP contribution in [0.4, 0.5) is 5.69 Å². The van der Waals surface area contributed by atoms with Crippen molar-refractivity contribution < 1.29 is 9.53 Å². The van der Waals surface area contributed by atoms with Gasteiger partial charge in [-0.2, -0.15) is 0 Å². The Morgan fingerprint density at radius 3 is 3.00 bits per heavy atom. The molecule has 1 aromatic rings. The van der Waals surface area contributed by atoms with Crippen molar-refractivity contribution in [3.05, 3.63) is 24.0 Å². The van der Waals surface area contributed by atoms with Gasteiger partial charge in [0.25, 0.3) is 5.91 Å². The van der Waals surface area contributed by atoms with Crippen molar-refractivity contribution in [3.8, 4) is 0 Å². The number of amides is 1. The normalized spacial score (nSPS) is 15.9. The zero-order chi connectivity index (χ0) is 13.7. The predicted molar refractivity (Wildman–Crippen MR) is 72.5 cm³/mol. The number of hydrogen-bond donors (Lipinski definition) is 3. The molecule has 0 atom stereocenters. The van der Waals surface area contributed by atoms with Crippen LogP contribution in [0.3, 0.4) is 0 Å². The number of pyridine rings is 1. The van der Waals surface area contributed by atoms with Gasteiger partial charge in [-0.3, -0.25) is 15.6 Å². The highest BCUT2D eigenvalue weighted by Gasteiger charge is 2.42. The third-order valence-electron chi connectivity index (χ3n) is 3.64. The first-order valence-corrected chi connectivity index (χ1v) is 6.38. The van der Waals surface area contributed by atoms with E-state index in [-0.39, 0.29) is 11.3 Å². The van der Waals surface area contributed by atoms with E-state index in [9.17, 15) is 4.79 Å². The molecule has 0 aliphatic heterocycles. The second-order valence-corrected chi connectivity index (χ2v) is 4.99. The predicted octanol–water partition coefficient (Wildman–Crippen LogP) is 0.914. The van der Waals surface area contributed by atoms with Crippen LogP contribution in [0.1, 0.15) is 29.6 Å². The quantitative estimate of drug-likeness (QED) is 0.503. The van der Waals surface area contributed by atoms with Gasteiger partial charge in [-0.15, -0.1) is 0 Å². The topological polar surface area (TPSA) is 89.3 Å². The van der Waals surface area contributed by atoms with Crippen LogP contribution in [-0.2, 0) is 4.74 Å². The Bertz CT molecular complexity index is 446. The van der Waals surface area contributed by atoms with E-state index < -0.39 is 0 Å². The maximum atomic E-state index is 12.1. The fourth-order valence-corrected chi connectivity index (χ4v) is 2.08. The van der Waals surface area contributed by atoms with Crippen LogP contribution in [0.25, 0.3) is 0 Å². The molecule has 6 heteroatoms. The summed E-state index contributed by atoms with van der Waals surface area (Å²) >= 11 is 0. The monoisotopic (exact) mass is 264 g/mol. The third kappa shape index (κ3) is 3.42. The Balaban J connectivity index is 1.91. The van der Waals surface area contributed by atoms with Gasteiger partial charge in [0, 0.05) is 26.5 Å². The standard InChI is InChI=1S/C13H20N4O2/c1-19-7-5-13(3-4-13)9-16-12(18)10-2-6-15-8-11(10)17-14/h2,6,8,17H,3-5,7,9,14H2,1H3,(H,16,18). The lowest BCUT2D eigenvalue weighted by Crippen LogP contribution is -2.31. The molecule has 104 valence electrons. The molecule has 0 saturated heterocycles. The van der Waals surface area contributed by atoms with E-state index in [0.29, 0.717) is 17.8 Å². The zero-order valence-electron chi connectivity index (χ0n) is 11.1. The molecule has 1 amide bonds. The van der Waals surface area contributed by atoms with E-state index in [1.165, 1.54) is 6.20 Å². The zero-order valence-corrected chi connectivity index (χ0v) is 11.1. The Morgan fingerprint density at radius 2 is 2.37 bits per heavy atom. The van der Waals surface area contributed by atoms with Gasteiger partial charge in [-0.1, -0.05) is 0 Å². The summed E-state index contributed by atoms with van der Waals surface area (Å²) in [6, 6.07) is 1.65. The van der Waals surface area contributed by atoms with E-state index >= 15 is 0 Å². The Labute approximate surface area is 112 Å². The number of nitrogens with zero attached hydrogens (tertiary/aromatic N) is 1. The smallest absolute Gasteiger partial charge is 0.253 e. The minimum atomic E-state index is -0.126. The van der Waals surface area contributed by atoms with Gasteiger partial charge in [0.15, 0.2) is 0 Å². The van der Waals surface area contributed by atoms with Crippen LogP contribution in [0.2, 0.25) is 0 Å². The summed E-state index contributed by atoms with van der Waals surface area (Å²) in [5.74, 6) is 5.24. The van der Waals surface area contributed by atoms with Crippen LogP contribution in [0.5, 0.6) is 0 Å². The largest absolute Gasteiger partial charge is 0.385 e. The van der Waals surface area contributed by atoms with Gasteiger partial charge in [-0.05, 0) is 30.7 Å². The molecule has 4 N–H and O–H groups in total. The molecule has 1 aliphatic rings. The lowest BCUT2D eigenvalue weighted by atomic mass is 10.0. The van der Waals surface area contributed by atoms with Gasteiger partial charge in [0.2, 0.25) is 0 Å². The number of nitrogens with two attached hydrogens (primary N) is 1. The van der Waals surface area contributed by atoms with Crippen LogP contribution >= 0.6 is 0 Å². The maximum absolute atomic E-state index is 12.1. The molecule has 19 heavy (non-hydrogen) atoms. The van der Waals surface area contributed by atoms with Gasteiger partial charge in [0.1, 0.15) is 0 Å². The summed E-state index contributed by atoms with van der Waals surface area (Å²) in [7, 11) is 1.70. The number of ether oxygens (including phenoxy) is 1. The molecule has 1 saturated carbocycles. The summed E-state index contributed by atoms with van der Waals surface area (Å²) in [5, 5.41) is 2.97. The summed E-state index contributed by atoms with van der Waals surface area (Å²) in [6.07, 6.45) is 6.40. The molecule has 0 bridgehead atoms. The van der Waals surface area contributed by atoms with Crippen molar-refractivity contribution in [2.45, 2.75) is 19.3 Å². The van der Waals surface area contributed by atoms with Gasteiger partial charge < -0.3 is 15.5 Å². The second-order valence-electron chi connectivity index (χ2n) is 4.99. The molecule has 1 aromatic heterocycles. The minimum absolute atomic E-state index is 0.126. The highest BCUT2D eigenvalue weighted by Crippen LogP contribution is 2.48. The van der Waals surface area contributed by atoms with Crippen molar-refractivity contribution >= 4 is 11.6 Å². The average molecular weight is 264 g/mol. The summed E-state index contributed by atoms with van der Waals surface area (Å²) in [6.45, 7) is 1.42. The van der Waals surface area contributed by atoms with Crippen molar-refractivity contribution in [3.63, 3.8) is 0 Å². The molecule has 1 fully saturated rings. The third-order valence-corrected chi connectivity index (χ3v) is 3.64. The molecular formula is C13H20N4O2. The number of hydrogen-bond acceptors (Lipinski definition) is 5. The van der Waals surface area contributed by atoms with E-state index in [4.69, 9.17) is 10.6 Å². The number of nitrogens with one attached hydrogen (secondary N) is 2. The number of carbonyl (C=O) groups excluding carboxylic acids is 1. The van der Waals surface area contributed by atoms with Crippen molar-refractivity contribution in [2.24, 2.45) is 11.3 Å². The van der Waals surface area contributed by atoms with Gasteiger partial charge in [-0.25, -0.2) is 0 Å². The van der Waals surface area contributed by atoms with Crippen LogP contribution in [0, 0.1) is 5.41 Å². The fraction of sp³-hybridized carbons (Fsp3) is 0.538. The maximum Gasteiger partial charge on any atom is 0.253 e. The van der Waals surface area contributed by atoms with E-state index in [2.05, 4.69) is 15.7 Å². The first kappa shape index (κ1) is 13.8. The first-order valence-electron chi connectivity index (χ1n) is 6.38. The lowest BCUT2D eigenvalue weighted by Gasteiger charge is -2.16. The second kappa shape index (κ2) is 5.99. The molecular weight excluding hydrogens is 244 g/mol. The Kier molecular flexibility index (Phi) is 4.34. The van der Waals surface area contributed by atoms with E-state index in [0.717, 1.165) is 25.9 Å². The molecule has 0 radical (unpaired) electrons. The molecule has 1 aliphatic carbocycles. The molecule has 2 rings (SSSR count). The Morgan fingerprint density at radius 1 is 1.58 bits per heavy atom. The number of carbonyl (C=O) groups is 1. The SMILES string of the molecule is COCCC1(CNC(=O)c2ccncc2NN)CC1. The molecule has 6 nitrogen and oxygen atoms in total. The molecule has 0 unspecified atom stereocenters. The van der Waals surface area contributed by atoms with Crippen LogP contribution in [-0.4, -0.2) is 31.2 Å². The number of rotatable bonds is 7. The number of methoxy groups -OCH3 is 1. The number of anilines is 1. The fourth-order valence-electron chi connectivity index (χ4n) is 2.08. The summed E-state index contributed by atoms with van der Waals surface area (Å²) in [5.41, 5.74) is 3.75.